The van der Waals surface area contributed by atoms with Crippen molar-refractivity contribution in [1.82, 2.24) is 5.43 Å². The number of hydrazone groups is 1. The SMILES string of the molecule is CCOC(=O)c1ccc(-c2ccc(/C=N\NC(=O)CSCc3c(Cl)cccc3Cl)o2)cc1. The fraction of sp³-hybridized carbons (Fsp3) is 0.174. The molecule has 0 unspecified atom stereocenters. The van der Waals surface area contributed by atoms with Crippen molar-refractivity contribution in [3.63, 3.8) is 0 Å². The van der Waals surface area contributed by atoms with Crippen molar-refractivity contribution in [3.05, 3.63) is 81.5 Å². The molecule has 1 amide bonds. The minimum Gasteiger partial charge on any atom is -0.462 e. The van der Waals surface area contributed by atoms with Gasteiger partial charge >= 0.3 is 5.97 Å². The van der Waals surface area contributed by atoms with Crippen LogP contribution in [0.4, 0.5) is 0 Å². The number of halogens is 2. The molecule has 1 heterocycles. The number of rotatable bonds is 9. The average molecular weight is 491 g/mol. The van der Waals surface area contributed by atoms with Gasteiger partial charge in [-0.2, -0.15) is 5.10 Å². The van der Waals surface area contributed by atoms with Gasteiger partial charge in [0.15, 0.2) is 0 Å². The highest BCUT2D eigenvalue weighted by atomic mass is 35.5. The Balaban J connectivity index is 1.48. The van der Waals surface area contributed by atoms with Crippen LogP contribution in [0.15, 0.2) is 64.1 Å². The number of amides is 1. The second-order valence-corrected chi connectivity index (χ2v) is 8.29. The molecule has 0 aliphatic heterocycles. The summed E-state index contributed by atoms with van der Waals surface area (Å²) in [4.78, 5) is 23.7. The van der Waals surface area contributed by atoms with Gasteiger partial charge < -0.3 is 9.15 Å². The van der Waals surface area contributed by atoms with Crippen molar-refractivity contribution in [2.75, 3.05) is 12.4 Å². The minimum absolute atomic E-state index is 0.203. The predicted octanol–water partition coefficient (Wildman–Crippen LogP) is 5.81. The number of carbonyl (C=O) groups excluding carboxylic acids is 2. The van der Waals surface area contributed by atoms with Gasteiger partial charge in [0.1, 0.15) is 11.5 Å². The fourth-order valence-electron chi connectivity index (χ4n) is 2.68. The van der Waals surface area contributed by atoms with Gasteiger partial charge in [-0.1, -0.05) is 41.4 Å². The van der Waals surface area contributed by atoms with Gasteiger partial charge in [-0.25, -0.2) is 10.2 Å². The van der Waals surface area contributed by atoms with Crippen LogP contribution in [0, 0.1) is 0 Å². The van der Waals surface area contributed by atoms with E-state index in [2.05, 4.69) is 10.5 Å². The lowest BCUT2D eigenvalue weighted by Gasteiger charge is -2.06. The lowest BCUT2D eigenvalue weighted by molar-refractivity contribution is -0.118. The average Bonchev–Trinajstić information content (AvgIpc) is 3.25. The van der Waals surface area contributed by atoms with Gasteiger partial charge in [-0.15, -0.1) is 11.8 Å². The molecule has 0 saturated heterocycles. The maximum Gasteiger partial charge on any atom is 0.338 e. The Labute approximate surface area is 199 Å². The Bertz CT molecular complexity index is 1090. The summed E-state index contributed by atoms with van der Waals surface area (Å²) in [5, 5.41) is 5.08. The van der Waals surface area contributed by atoms with Crippen LogP contribution in [0.3, 0.4) is 0 Å². The molecule has 0 bridgehead atoms. The standard InChI is InChI=1S/C23H20Cl2N2O4S/c1-2-30-23(29)16-8-6-15(7-9-16)21-11-10-17(31-21)12-26-27-22(28)14-32-13-18-19(24)4-3-5-20(18)25/h3-12H,2,13-14H2,1H3,(H,27,28)/b26-12-. The quantitative estimate of drug-likeness (QED) is 0.232. The largest absolute Gasteiger partial charge is 0.462 e. The monoisotopic (exact) mass is 490 g/mol. The minimum atomic E-state index is -0.366. The molecule has 3 rings (SSSR count). The number of carbonyl (C=O) groups is 2. The van der Waals surface area contributed by atoms with Crippen molar-refractivity contribution in [3.8, 4) is 11.3 Å². The zero-order valence-electron chi connectivity index (χ0n) is 17.1. The third-order valence-corrected chi connectivity index (χ3v) is 5.90. The van der Waals surface area contributed by atoms with E-state index in [0.717, 1.165) is 11.1 Å². The smallest absolute Gasteiger partial charge is 0.338 e. The molecule has 9 heteroatoms. The van der Waals surface area contributed by atoms with Crippen molar-refractivity contribution in [2.24, 2.45) is 5.10 Å². The van der Waals surface area contributed by atoms with Crippen molar-refractivity contribution < 1.29 is 18.7 Å². The third kappa shape index (κ3) is 6.63. The molecule has 0 saturated carbocycles. The van der Waals surface area contributed by atoms with E-state index >= 15 is 0 Å². The molecular formula is C23H20Cl2N2O4S. The molecule has 0 radical (unpaired) electrons. The summed E-state index contributed by atoms with van der Waals surface area (Å²) in [5.74, 6) is 1.19. The summed E-state index contributed by atoms with van der Waals surface area (Å²) in [6.45, 7) is 2.09. The van der Waals surface area contributed by atoms with Crippen molar-refractivity contribution in [2.45, 2.75) is 12.7 Å². The first kappa shape index (κ1) is 23.9. The Morgan fingerprint density at radius 1 is 1.09 bits per heavy atom. The van der Waals surface area contributed by atoms with Gasteiger partial charge in [-0.05, 0) is 48.9 Å². The highest BCUT2D eigenvalue weighted by Gasteiger charge is 2.09. The van der Waals surface area contributed by atoms with Gasteiger partial charge in [0.05, 0.1) is 24.1 Å². The molecule has 166 valence electrons. The summed E-state index contributed by atoms with van der Waals surface area (Å²) >= 11 is 13.6. The number of nitrogens with zero attached hydrogens (tertiary/aromatic N) is 1. The highest BCUT2D eigenvalue weighted by Crippen LogP contribution is 2.28. The Kier molecular flexibility index (Phi) is 8.79. The number of ether oxygens (including phenoxy) is 1. The Morgan fingerprint density at radius 3 is 2.50 bits per heavy atom. The molecule has 32 heavy (non-hydrogen) atoms. The second kappa shape index (κ2) is 11.8. The van der Waals surface area contributed by atoms with Gasteiger partial charge in [0.25, 0.3) is 0 Å². The predicted molar refractivity (Wildman–Crippen MR) is 128 cm³/mol. The van der Waals surface area contributed by atoms with E-state index in [4.69, 9.17) is 32.4 Å². The third-order valence-electron chi connectivity index (χ3n) is 4.23. The molecule has 2 aromatic carbocycles. The highest BCUT2D eigenvalue weighted by molar-refractivity contribution is 7.99. The van der Waals surface area contributed by atoms with E-state index in [1.165, 1.54) is 18.0 Å². The number of benzene rings is 2. The van der Waals surface area contributed by atoms with E-state index in [9.17, 15) is 9.59 Å². The number of esters is 1. The van der Waals surface area contributed by atoms with Gasteiger partial charge in [0.2, 0.25) is 5.91 Å². The normalized spacial score (nSPS) is 11.0. The topological polar surface area (TPSA) is 80.9 Å². The molecule has 6 nitrogen and oxygen atoms in total. The Hall–Kier alpha value is -2.74. The van der Waals surface area contributed by atoms with Crippen molar-refractivity contribution >= 4 is 53.1 Å². The van der Waals surface area contributed by atoms with Gasteiger partial charge in [-0.3, -0.25) is 4.79 Å². The van der Waals surface area contributed by atoms with E-state index in [-0.39, 0.29) is 17.6 Å². The summed E-state index contributed by atoms with van der Waals surface area (Å²) in [7, 11) is 0. The summed E-state index contributed by atoms with van der Waals surface area (Å²) in [6.07, 6.45) is 1.42. The zero-order valence-corrected chi connectivity index (χ0v) is 19.5. The van der Waals surface area contributed by atoms with E-state index < -0.39 is 0 Å². The first-order valence-corrected chi connectivity index (χ1v) is 11.6. The number of thioether (sulfide) groups is 1. The van der Waals surface area contributed by atoms with Crippen LogP contribution in [0.5, 0.6) is 0 Å². The van der Waals surface area contributed by atoms with Crippen LogP contribution in [-0.4, -0.2) is 30.5 Å². The van der Waals surface area contributed by atoms with Crippen LogP contribution in [0.1, 0.15) is 28.6 Å². The molecule has 1 N–H and O–H groups in total. The first-order chi connectivity index (χ1) is 15.5. The van der Waals surface area contributed by atoms with Crippen LogP contribution in [-0.2, 0) is 15.3 Å². The Morgan fingerprint density at radius 2 is 1.81 bits per heavy atom. The fourth-order valence-corrected chi connectivity index (χ4v) is 4.24. The summed E-state index contributed by atoms with van der Waals surface area (Å²) in [6, 6.07) is 15.7. The van der Waals surface area contributed by atoms with Crippen LogP contribution in [0.2, 0.25) is 10.0 Å². The van der Waals surface area contributed by atoms with E-state index in [0.29, 0.717) is 39.5 Å². The van der Waals surface area contributed by atoms with E-state index in [1.54, 1.807) is 61.5 Å². The lowest BCUT2D eigenvalue weighted by Crippen LogP contribution is -2.19. The molecular weight excluding hydrogens is 471 g/mol. The number of hydrogen-bond donors (Lipinski definition) is 1. The molecule has 0 atom stereocenters. The lowest BCUT2D eigenvalue weighted by atomic mass is 10.1. The van der Waals surface area contributed by atoms with Gasteiger partial charge in [0, 0.05) is 21.4 Å². The van der Waals surface area contributed by atoms with Crippen LogP contribution in [0.25, 0.3) is 11.3 Å². The molecule has 0 spiro atoms. The molecule has 3 aromatic rings. The molecule has 0 fully saturated rings. The summed E-state index contributed by atoms with van der Waals surface area (Å²) < 4.78 is 10.7. The molecule has 1 aromatic heterocycles. The maximum absolute atomic E-state index is 12.0. The molecule has 0 aliphatic carbocycles. The maximum atomic E-state index is 12.0. The van der Waals surface area contributed by atoms with Crippen LogP contribution < -0.4 is 5.43 Å². The number of hydrogen-bond acceptors (Lipinski definition) is 6. The second-order valence-electron chi connectivity index (χ2n) is 6.49. The molecule has 0 aliphatic rings. The zero-order chi connectivity index (χ0) is 22.9. The van der Waals surface area contributed by atoms with Crippen LogP contribution >= 0.6 is 35.0 Å². The first-order valence-electron chi connectivity index (χ1n) is 9.68. The number of furan rings is 1. The summed E-state index contributed by atoms with van der Waals surface area (Å²) in [5.41, 5.74) is 4.54. The van der Waals surface area contributed by atoms with E-state index in [1.807, 2.05) is 0 Å². The van der Waals surface area contributed by atoms with Crippen molar-refractivity contribution in [1.29, 1.82) is 0 Å². The number of nitrogens with one attached hydrogen (secondary N) is 1.